The third-order valence-corrected chi connectivity index (χ3v) is 2.66. The molecule has 0 amide bonds. The molecule has 1 aliphatic carbocycles. The van der Waals surface area contributed by atoms with Gasteiger partial charge in [-0.05, 0) is 24.7 Å². The third kappa shape index (κ3) is 1.95. The number of rotatable bonds is 4. The van der Waals surface area contributed by atoms with Gasteiger partial charge in [-0.2, -0.15) is 0 Å². The van der Waals surface area contributed by atoms with E-state index in [2.05, 4.69) is 18.3 Å². The SMILES string of the molecule is C#CCCC(NN)C1(C)CC1. The monoisotopic (exact) mass is 152 g/mol. The molecule has 2 nitrogen and oxygen atoms in total. The molecule has 62 valence electrons. The van der Waals surface area contributed by atoms with E-state index in [9.17, 15) is 0 Å². The van der Waals surface area contributed by atoms with Crippen molar-refractivity contribution < 1.29 is 0 Å². The largest absolute Gasteiger partial charge is 0.271 e. The first-order valence-corrected chi connectivity index (χ1v) is 4.12. The summed E-state index contributed by atoms with van der Waals surface area (Å²) in [6, 6.07) is 0.415. The fourth-order valence-electron chi connectivity index (χ4n) is 1.41. The average molecular weight is 152 g/mol. The number of nitrogens with one attached hydrogen (secondary N) is 1. The minimum absolute atomic E-state index is 0.415. The Bertz CT molecular complexity index is 165. The lowest BCUT2D eigenvalue weighted by molar-refractivity contribution is 0.345. The van der Waals surface area contributed by atoms with Crippen LogP contribution in [-0.4, -0.2) is 6.04 Å². The van der Waals surface area contributed by atoms with Crippen molar-refractivity contribution in [3.05, 3.63) is 0 Å². The van der Waals surface area contributed by atoms with E-state index in [1.54, 1.807) is 0 Å². The number of hydrogen-bond donors (Lipinski definition) is 2. The maximum atomic E-state index is 5.42. The van der Waals surface area contributed by atoms with E-state index in [1.165, 1.54) is 12.8 Å². The fraction of sp³-hybridized carbons (Fsp3) is 0.778. The Morgan fingerprint density at radius 2 is 2.36 bits per heavy atom. The number of hydrazine groups is 1. The molecular weight excluding hydrogens is 136 g/mol. The van der Waals surface area contributed by atoms with Crippen molar-refractivity contribution in [1.29, 1.82) is 0 Å². The minimum Gasteiger partial charge on any atom is -0.271 e. The van der Waals surface area contributed by atoms with Crippen LogP contribution in [0.2, 0.25) is 0 Å². The second-order valence-corrected chi connectivity index (χ2v) is 3.62. The van der Waals surface area contributed by atoms with Crippen LogP contribution in [0.15, 0.2) is 0 Å². The van der Waals surface area contributed by atoms with Gasteiger partial charge in [-0.1, -0.05) is 6.92 Å². The van der Waals surface area contributed by atoms with Gasteiger partial charge in [0.15, 0.2) is 0 Å². The van der Waals surface area contributed by atoms with Gasteiger partial charge in [0, 0.05) is 12.5 Å². The Labute approximate surface area is 68.5 Å². The lowest BCUT2D eigenvalue weighted by Crippen LogP contribution is -2.40. The van der Waals surface area contributed by atoms with Crippen LogP contribution in [0, 0.1) is 17.8 Å². The van der Waals surface area contributed by atoms with Crippen molar-refractivity contribution >= 4 is 0 Å². The van der Waals surface area contributed by atoms with Crippen LogP contribution < -0.4 is 11.3 Å². The number of terminal acetylenes is 1. The predicted octanol–water partition coefficient (Wildman–Crippen LogP) is 1.03. The highest BCUT2D eigenvalue weighted by molar-refractivity contribution is 4.99. The van der Waals surface area contributed by atoms with E-state index in [4.69, 9.17) is 12.3 Å². The van der Waals surface area contributed by atoms with Crippen LogP contribution in [0.25, 0.3) is 0 Å². The summed E-state index contributed by atoms with van der Waals surface area (Å²) < 4.78 is 0. The van der Waals surface area contributed by atoms with Crippen molar-refractivity contribution in [2.75, 3.05) is 0 Å². The number of hydrogen-bond acceptors (Lipinski definition) is 2. The molecule has 0 heterocycles. The molecule has 0 aromatic rings. The van der Waals surface area contributed by atoms with Crippen LogP contribution >= 0.6 is 0 Å². The lowest BCUT2D eigenvalue weighted by Gasteiger charge is -2.21. The van der Waals surface area contributed by atoms with Gasteiger partial charge in [0.2, 0.25) is 0 Å². The van der Waals surface area contributed by atoms with Crippen LogP contribution in [-0.2, 0) is 0 Å². The summed E-state index contributed by atoms with van der Waals surface area (Å²) in [6.45, 7) is 2.26. The van der Waals surface area contributed by atoms with Crippen molar-refractivity contribution in [2.24, 2.45) is 11.3 Å². The summed E-state index contributed by atoms with van der Waals surface area (Å²) in [5.74, 6) is 8.06. The topological polar surface area (TPSA) is 38.0 Å². The first kappa shape index (κ1) is 8.58. The quantitative estimate of drug-likeness (QED) is 0.359. The molecule has 1 unspecified atom stereocenters. The van der Waals surface area contributed by atoms with Crippen molar-refractivity contribution in [3.63, 3.8) is 0 Å². The molecular formula is C9H16N2. The molecule has 0 radical (unpaired) electrons. The molecule has 0 aromatic carbocycles. The highest BCUT2D eigenvalue weighted by Gasteiger charge is 2.43. The summed E-state index contributed by atoms with van der Waals surface area (Å²) in [6.07, 6.45) is 9.57. The first-order valence-electron chi connectivity index (χ1n) is 4.12. The van der Waals surface area contributed by atoms with E-state index in [-0.39, 0.29) is 0 Å². The zero-order valence-electron chi connectivity index (χ0n) is 7.06. The van der Waals surface area contributed by atoms with Crippen LogP contribution in [0.4, 0.5) is 0 Å². The Morgan fingerprint density at radius 3 is 2.73 bits per heavy atom. The van der Waals surface area contributed by atoms with Gasteiger partial charge in [-0.25, -0.2) is 0 Å². The van der Waals surface area contributed by atoms with Crippen LogP contribution in [0.3, 0.4) is 0 Å². The molecule has 0 aliphatic heterocycles. The maximum Gasteiger partial charge on any atom is 0.0273 e. The number of nitrogens with two attached hydrogens (primary N) is 1. The molecule has 0 aromatic heterocycles. The van der Waals surface area contributed by atoms with Crippen molar-refractivity contribution in [3.8, 4) is 12.3 Å². The predicted molar refractivity (Wildman–Crippen MR) is 46.5 cm³/mol. The summed E-state index contributed by atoms with van der Waals surface area (Å²) in [5.41, 5.74) is 3.28. The minimum atomic E-state index is 0.415. The van der Waals surface area contributed by atoms with E-state index >= 15 is 0 Å². The van der Waals surface area contributed by atoms with Gasteiger partial charge < -0.3 is 0 Å². The molecule has 1 rings (SSSR count). The van der Waals surface area contributed by atoms with Gasteiger partial charge in [-0.15, -0.1) is 12.3 Å². The standard InChI is InChI=1S/C9H16N2/c1-3-4-5-8(11-10)9(2)6-7-9/h1,8,11H,4-7,10H2,2H3. The average Bonchev–Trinajstić information content (AvgIpc) is 2.71. The summed E-state index contributed by atoms with van der Waals surface area (Å²) in [7, 11) is 0. The molecule has 1 aliphatic rings. The van der Waals surface area contributed by atoms with Gasteiger partial charge in [-0.3, -0.25) is 11.3 Å². The van der Waals surface area contributed by atoms with Gasteiger partial charge >= 0.3 is 0 Å². The van der Waals surface area contributed by atoms with E-state index in [0.29, 0.717) is 11.5 Å². The van der Waals surface area contributed by atoms with Gasteiger partial charge in [0.25, 0.3) is 0 Å². The van der Waals surface area contributed by atoms with Crippen LogP contribution in [0.5, 0.6) is 0 Å². The first-order chi connectivity index (χ1) is 5.23. The Kier molecular flexibility index (Phi) is 2.53. The Balaban J connectivity index is 2.32. The molecule has 0 saturated heterocycles. The lowest BCUT2D eigenvalue weighted by atomic mass is 9.95. The molecule has 11 heavy (non-hydrogen) atoms. The Hall–Kier alpha value is -0.520. The maximum absolute atomic E-state index is 5.42. The fourth-order valence-corrected chi connectivity index (χ4v) is 1.41. The van der Waals surface area contributed by atoms with Gasteiger partial charge in [0.1, 0.15) is 0 Å². The van der Waals surface area contributed by atoms with Crippen molar-refractivity contribution in [1.82, 2.24) is 5.43 Å². The molecule has 0 spiro atoms. The van der Waals surface area contributed by atoms with Crippen LogP contribution in [0.1, 0.15) is 32.6 Å². The summed E-state index contributed by atoms with van der Waals surface area (Å²) in [5, 5.41) is 0. The molecule has 2 heteroatoms. The highest BCUT2D eigenvalue weighted by atomic mass is 15.2. The normalized spacial score (nSPS) is 22.3. The Morgan fingerprint density at radius 1 is 1.73 bits per heavy atom. The smallest absolute Gasteiger partial charge is 0.0273 e. The van der Waals surface area contributed by atoms with E-state index < -0.39 is 0 Å². The van der Waals surface area contributed by atoms with E-state index in [1.807, 2.05) is 0 Å². The molecule has 1 fully saturated rings. The second-order valence-electron chi connectivity index (χ2n) is 3.62. The molecule has 1 atom stereocenters. The van der Waals surface area contributed by atoms with E-state index in [0.717, 1.165) is 12.8 Å². The summed E-state index contributed by atoms with van der Waals surface area (Å²) >= 11 is 0. The highest BCUT2D eigenvalue weighted by Crippen LogP contribution is 2.48. The molecule has 3 N–H and O–H groups in total. The molecule has 1 saturated carbocycles. The molecule has 0 bridgehead atoms. The second kappa shape index (κ2) is 3.25. The van der Waals surface area contributed by atoms with Crippen molar-refractivity contribution in [2.45, 2.75) is 38.6 Å². The van der Waals surface area contributed by atoms with Gasteiger partial charge in [0.05, 0.1) is 0 Å². The zero-order valence-corrected chi connectivity index (χ0v) is 7.06. The zero-order chi connectivity index (χ0) is 8.32. The summed E-state index contributed by atoms with van der Waals surface area (Å²) in [4.78, 5) is 0. The third-order valence-electron chi connectivity index (χ3n) is 2.66.